The maximum Gasteiger partial charge on any atom is 0.0746 e. The molecule has 96 valence electrons. The molecule has 0 aromatic rings. The molecule has 2 unspecified atom stereocenters. The molecule has 0 radical (unpaired) electrons. The molecular formula is C14H29NO. The SMILES string of the molecule is CC(C)CC(C)(O)CNC(C)C1CCCC1. The summed E-state index contributed by atoms with van der Waals surface area (Å²) >= 11 is 0. The Labute approximate surface area is 101 Å². The van der Waals surface area contributed by atoms with Crippen LogP contribution >= 0.6 is 0 Å². The van der Waals surface area contributed by atoms with Crippen molar-refractivity contribution in [1.82, 2.24) is 5.32 Å². The van der Waals surface area contributed by atoms with Crippen LogP contribution in [0.3, 0.4) is 0 Å². The van der Waals surface area contributed by atoms with Crippen LogP contribution in [0, 0.1) is 11.8 Å². The van der Waals surface area contributed by atoms with Crippen molar-refractivity contribution < 1.29 is 5.11 Å². The normalized spacial score (nSPS) is 23.6. The predicted molar refractivity (Wildman–Crippen MR) is 69.5 cm³/mol. The zero-order valence-corrected chi connectivity index (χ0v) is 11.4. The van der Waals surface area contributed by atoms with Crippen molar-refractivity contribution in [3.05, 3.63) is 0 Å². The van der Waals surface area contributed by atoms with E-state index in [4.69, 9.17) is 0 Å². The van der Waals surface area contributed by atoms with Crippen molar-refractivity contribution in [1.29, 1.82) is 0 Å². The monoisotopic (exact) mass is 227 g/mol. The van der Waals surface area contributed by atoms with Crippen molar-refractivity contribution in [3.8, 4) is 0 Å². The molecule has 2 heteroatoms. The highest BCUT2D eigenvalue weighted by Gasteiger charge is 2.25. The molecule has 2 atom stereocenters. The van der Waals surface area contributed by atoms with Crippen molar-refractivity contribution in [2.45, 2.75) is 71.4 Å². The highest BCUT2D eigenvalue weighted by molar-refractivity contribution is 4.82. The minimum Gasteiger partial charge on any atom is -0.389 e. The Hall–Kier alpha value is -0.0800. The zero-order valence-electron chi connectivity index (χ0n) is 11.4. The van der Waals surface area contributed by atoms with Gasteiger partial charge in [0.05, 0.1) is 5.60 Å². The first-order chi connectivity index (χ1) is 7.41. The van der Waals surface area contributed by atoms with E-state index in [2.05, 4.69) is 26.1 Å². The van der Waals surface area contributed by atoms with Crippen LogP contribution in [-0.2, 0) is 0 Å². The Balaban J connectivity index is 2.26. The molecule has 0 aromatic carbocycles. The second kappa shape index (κ2) is 6.02. The summed E-state index contributed by atoms with van der Waals surface area (Å²) in [5.74, 6) is 1.38. The molecule has 16 heavy (non-hydrogen) atoms. The molecule has 0 bridgehead atoms. The molecule has 0 aliphatic heterocycles. The number of nitrogens with one attached hydrogen (secondary N) is 1. The Bertz CT molecular complexity index is 195. The van der Waals surface area contributed by atoms with Crippen LogP contribution in [0.4, 0.5) is 0 Å². The van der Waals surface area contributed by atoms with E-state index in [0.29, 0.717) is 12.0 Å². The van der Waals surface area contributed by atoms with E-state index in [1.807, 2.05) is 6.92 Å². The predicted octanol–water partition coefficient (Wildman–Crippen LogP) is 2.95. The minimum absolute atomic E-state index is 0.554. The quantitative estimate of drug-likeness (QED) is 0.731. The fourth-order valence-electron chi connectivity index (χ4n) is 2.96. The zero-order chi connectivity index (χ0) is 12.2. The van der Waals surface area contributed by atoms with E-state index in [0.717, 1.165) is 18.9 Å². The van der Waals surface area contributed by atoms with Gasteiger partial charge in [-0.05, 0) is 44.9 Å². The van der Waals surface area contributed by atoms with Gasteiger partial charge in [-0.1, -0.05) is 26.7 Å². The van der Waals surface area contributed by atoms with Crippen LogP contribution in [0.25, 0.3) is 0 Å². The third-order valence-electron chi connectivity index (χ3n) is 3.76. The standard InChI is InChI=1S/C14H29NO/c1-11(2)9-14(4,16)10-15-12(3)13-7-5-6-8-13/h11-13,15-16H,5-10H2,1-4H3. The van der Waals surface area contributed by atoms with E-state index in [1.165, 1.54) is 25.7 Å². The molecule has 0 aromatic heterocycles. The first kappa shape index (κ1) is 14.0. The average molecular weight is 227 g/mol. The summed E-state index contributed by atoms with van der Waals surface area (Å²) in [5, 5.41) is 13.7. The summed E-state index contributed by atoms with van der Waals surface area (Å²) in [4.78, 5) is 0. The largest absolute Gasteiger partial charge is 0.389 e. The van der Waals surface area contributed by atoms with Crippen LogP contribution in [0.5, 0.6) is 0 Å². The van der Waals surface area contributed by atoms with Crippen LogP contribution < -0.4 is 5.32 Å². The van der Waals surface area contributed by atoms with Crippen LogP contribution in [0.1, 0.15) is 59.8 Å². The summed E-state index contributed by atoms with van der Waals surface area (Å²) in [6.07, 6.45) is 6.37. The molecule has 0 saturated heterocycles. The molecule has 2 nitrogen and oxygen atoms in total. The third-order valence-corrected chi connectivity index (χ3v) is 3.76. The summed E-state index contributed by atoms with van der Waals surface area (Å²) in [6.45, 7) is 9.26. The Morgan fingerprint density at radius 1 is 1.25 bits per heavy atom. The Kier molecular flexibility index (Phi) is 5.26. The summed E-state index contributed by atoms with van der Waals surface area (Å²) < 4.78 is 0. The highest BCUT2D eigenvalue weighted by atomic mass is 16.3. The Morgan fingerprint density at radius 2 is 1.81 bits per heavy atom. The number of hydrogen-bond donors (Lipinski definition) is 2. The van der Waals surface area contributed by atoms with Gasteiger partial charge >= 0.3 is 0 Å². The van der Waals surface area contributed by atoms with E-state index >= 15 is 0 Å². The molecule has 1 aliphatic rings. The average Bonchev–Trinajstić information content (AvgIpc) is 2.64. The molecular weight excluding hydrogens is 198 g/mol. The van der Waals surface area contributed by atoms with Gasteiger partial charge in [-0.25, -0.2) is 0 Å². The molecule has 1 aliphatic carbocycles. The first-order valence-electron chi connectivity index (χ1n) is 6.86. The number of rotatable bonds is 6. The fourth-order valence-corrected chi connectivity index (χ4v) is 2.96. The van der Waals surface area contributed by atoms with E-state index in [1.54, 1.807) is 0 Å². The lowest BCUT2D eigenvalue weighted by Gasteiger charge is -2.29. The number of aliphatic hydroxyl groups is 1. The minimum atomic E-state index is -0.555. The molecule has 0 spiro atoms. The molecule has 1 rings (SSSR count). The molecule has 2 N–H and O–H groups in total. The maximum atomic E-state index is 10.2. The van der Waals surface area contributed by atoms with Gasteiger partial charge in [-0.3, -0.25) is 0 Å². The number of hydrogen-bond acceptors (Lipinski definition) is 2. The molecule has 1 saturated carbocycles. The van der Waals surface area contributed by atoms with E-state index in [-0.39, 0.29) is 0 Å². The van der Waals surface area contributed by atoms with E-state index < -0.39 is 5.60 Å². The smallest absolute Gasteiger partial charge is 0.0746 e. The van der Waals surface area contributed by atoms with Gasteiger partial charge < -0.3 is 10.4 Å². The second-order valence-electron chi connectivity index (χ2n) is 6.31. The van der Waals surface area contributed by atoms with Gasteiger partial charge in [0.25, 0.3) is 0 Å². The third kappa shape index (κ3) is 4.84. The van der Waals surface area contributed by atoms with Crippen molar-refractivity contribution in [3.63, 3.8) is 0 Å². The topological polar surface area (TPSA) is 32.3 Å². The summed E-state index contributed by atoms with van der Waals surface area (Å²) in [7, 11) is 0. The first-order valence-corrected chi connectivity index (χ1v) is 6.86. The van der Waals surface area contributed by atoms with Crippen LogP contribution in [-0.4, -0.2) is 23.3 Å². The molecule has 0 amide bonds. The molecule has 0 heterocycles. The van der Waals surface area contributed by atoms with Gasteiger partial charge in [0.1, 0.15) is 0 Å². The lowest BCUT2D eigenvalue weighted by molar-refractivity contribution is 0.0345. The van der Waals surface area contributed by atoms with Crippen molar-refractivity contribution in [2.75, 3.05) is 6.54 Å². The molecule has 1 fully saturated rings. The van der Waals surface area contributed by atoms with Crippen LogP contribution in [0.2, 0.25) is 0 Å². The lowest BCUT2D eigenvalue weighted by Crippen LogP contribution is -2.44. The second-order valence-corrected chi connectivity index (χ2v) is 6.31. The Morgan fingerprint density at radius 3 is 2.31 bits per heavy atom. The summed E-state index contributed by atoms with van der Waals surface area (Å²) in [6, 6.07) is 0.557. The van der Waals surface area contributed by atoms with Crippen molar-refractivity contribution in [2.24, 2.45) is 11.8 Å². The maximum absolute atomic E-state index is 10.2. The van der Waals surface area contributed by atoms with Gasteiger partial charge in [0.2, 0.25) is 0 Å². The summed E-state index contributed by atoms with van der Waals surface area (Å²) in [5.41, 5.74) is -0.555. The van der Waals surface area contributed by atoms with Crippen LogP contribution in [0.15, 0.2) is 0 Å². The van der Waals surface area contributed by atoms with Crippen molar-refractivity contribution >= 4 is 0 Å². The highest BCUT2D eigenvalue weighted by Crippen LogP contribution is 2.27. The van der Waals surface area contributed by atoms with E-state index in [9.17, 15) is 5.11 Å². The van der Waals surface area contributed by atoms with Gasteiger partial charge in [0, 0.05) is 12.6 Å². The van der Waals surface area contributed by atoms with Gasteiger partial charge in [-0.2, -0.15) is 0 Å². The lowest BCUT2D eigenvalue weighted by atomic mass is 9.93. The fraction of sp³-hybridized carbons (Fsp3) is 1.00. The van der Waals surface area contributed by atoms with Gasteiger partial charge in [0.15, 0.2) is 0 Å². The van der Waals surface area contributed by atoms with Gasteiger partial charge in [-0.15, -0.1) is 0 Å².